The van der Waals surface area contributed by atoms with Crippen molar-refractivity contribution in [3.63, 3.8) is 0 Å². The molecule has 0 unspecified atom stereocenters. The molecule has 2 aliphatic rings. The lowest BCUT2D eigenvalue weighted by molar-refractivity contribution is -0.127. The highest BCUT2D eigenvalue weighted by molar-refractivity contribution is 7.13. The highest BCUT2D eigenvalue weighted by Gasteiger charge is 2.21. The van der Waals surface area contributed by atoms with Crippen molar-refractivity contribution in [2.75, 3.05) is 55.6 Å². The molecule has 0 radical (unpaired) electrons. The average molecular weight is 414 g/mol. The number of hydrogen-bond acceptors (Lipinski definition) is 6. The summed E-state index contributed by atoms with van der Waals surface area (Å²) in [5, 5.41) is 5.66. The van der Waals surface area contributed by atoms with E-state index in [1.807, 2.05) is 16.3 Å². The van der Waals surface area contributed by atoms with E-state index in [2.05, 4.69) is 44.4 Å². The molecule has 1 N–H and O–H groups in total. The summed E-state index contributed by atoms with van der Waals surface area (Å²) in [6.45, 7) is 5.81. The van der Waals surface area contributed by atoms with E-state index in [0.29, 0.717) is 25.2 Å². The number of carbonyl (C=O) groups excluding carboxylic acids is 2. The Morgan fingerprint density at radius 3 is 2.55 bits per heavy atom. The average Bonchev–Trinajstić information content (AvgIpc) is 3.41. The van der Waals surface area contributed by atoms with E-state index in [4.69, 9.17) is 0 Å². The second kappa shape index (κ2) is 9.26. The van der Waals surface area contributed by atoms with Gasteiger partial charge >= 0.3 is 0 Å². The molecule has 0 aliphatic carbocycles. The minimum Gasteiger partial charge on any atom is -0.368 e. The number of aromatic nitrogens is 1. The van der Waals surface area contributed by atoms with Gasteiger partial charge in [-0.1, -0.05) is 18.2 Å². The first kappa shape index (κ1) is 19.7. The molecule has 1 aromatic carbocycles. The molecule has 0 atom stereocenters. The largest absolute Gasteiger partial charge is 0.368 e. The number of amides is 2. The van der Waals surface area contributed by atoms with E-state index in [0.717, 1.165) is 50.7 Å². The zero-order chi connectivity index (χ0) is 20.1. The lowest BCUT2D eigenvalue weighted by atomic mass is 10.2. The molecule has 1 aromatic heterocycles. The first-order chi connectivity index (χ1) is 14.2. The molecule has 0 bridgehead atoms. The van der Waals surface area contributed by atoms with E-state index in [-0.39, 0.29) is 11.8 Å². The summed E-state index contributed by atoms with van der Waals surface area (Å²) < 4.78 is 0. The van der Waals surface area contributed by atoms with Crippen LogP contribution in [0.1, 0.15) is 29.8 Å². The van der Waals surface area contributed by atoms with E-state index in [1.54, 1.807) is 0 Å². The number of nitrogens with zero attached hydrogens (tertiary/aromatic N) is 4. The minimum absolute atomic E-state index is 0.136. The first-order valence-corrected chi connectivity index (χ1v) is 11.1. The van der Waals surface area contributed by atoms with Gasteiger partial charge in [-0.3, -0.25) is 9.59 Å². The molecule has 3 heterocycles. The quantitative estimate of drug-likeness (QED) is 0.705. The van der Waals surface area contributed by atoms with Crippen LogP contribution < -0.4 is 15.1 Å². The maximum absolute atomic E-state index is 12.4. The summed E-state index contributed by atoms with van der Waals surface area (Å²) >= 11 is 1.52. The molecule has 2 aliphatic heterocycles. The lowest BCUT2D eigenvalue weighted by Crippen LogP contribution is -2.46. The number of nitrogens with one attached hydrogen (secondary N) is 1. The Kier molecular flexibility index (Phi) is 6.29. The summed E-state index contributed by atoms with van der Waals surface area (Å²) in [5.41, 5.74) is 1.73. The van der Waals surface area contributed by atoms with Crippen molar-refractivity contribution in [3.05, 3.63) is 41.4 Å². The van der Waals surface area contributed by atoms with Gasteiger partial charge in [-0.15, -0.1) is 11.3 Å². The number of benzene rings is 1. The zero-order valence-electron chi connectivity index (χ0n) is 16.5. The molecular weight excluding hydrogens is 386 g/mol. The molecule has 154 valence electrons. The predicted molar refractivity (Wildman–Crippen MR) is 116 cm³/mol. The lowest BCUT2D eigenvalue weighted by Gasteiger charge is -2.35. The third-order valence-electron chi connectivity index (χ3n) is 5.46. The van der Waals surface area contributed by atoms with Gasteiger partial charge in [0.1, 0.15) is 5.69 Å². The summed E-state index contributed by atoms with van der Waals surface area (Å²) in [7, 11) is 0. The minimum atomic E-state index is -0.136. The van der Waals surface area contributed by atoms with E-state index < -0.39 is 0 Å². The second-order valence-corrected chi connectivity index (χ2v) is 8.26. The summed E-state index contributed by atoms with van der Waals surface area (Å²) in [6.07, 6.45) is 2.38. The summed E-state index contributed by atoms with van der Waals surface area (Å²) in [6, 6.07) is 10.4. The smallest absolute Gasteiger partial charge is 0.270 e. The molecule has 7 nitrogen and oxygen atoms in total. The van der Waals surface area contributed by atoms with Gasteiger partial charge < -0.3 is 20.0 Å². The normalized spacial score (nSPS) is 17.1. The molecule has 2 amide bonds. The summed E-state index contributed by atoms with van der Waals surface area (Å²) in [4.78, 5) is 35.0. The van der Waals surface area contributed by atoms with Gasteiger partial charge in [-0.05, 0) is 25.0 Å². The van der Waals surface area contributed by atoms with Gasteiger partial charge in [0.05, 0.1) is 0 Å². The van der Waals surface area contributed by atoms with Crippen LogP contribution in [0.25, 0.3) is 0 Å². The van der Waals surface area contributed by atoms with Crippen LogP contribution in [0.4, 0.5) is 10.8 Å². The van der Waals surface area contributed by atoms with Crippen LogP contribution in [0.15, 0.2) is 35.7 Å². The Morgan fingerprint density at radius 1 is 1.07 bits per heavy atom. The maximum Gasteiger partial charge on any atom is 0.270 e. The van der Waals surface area contributed by atoms with Crippen molar-refractivity contribution in [2.24, 2.45) is 0 Å². The predicted octanol–water partition coefficient (Wildman–Crippen LogP) is 2.21. The molecule has 0 spiro atoms. The molecule has 2 aromatic rings. The molecule has 8 heteroatoms. The molecule has 0 saturated carbocycles. The highest BCUT2D eigenvalue weighted by Crippen LogP contribution is 2.23. The Labute approximate surface area is 175 Å². The molecule has 2 fully saturated rings. The summed E-state index contributed by atoms with van der Waals surface area (Å²) in [5.74, 6) is 0.0935. The number of hydrogen-bond donors (Lipinski definition) is 1. The molecule has 29 heavy (non-hydrogen) atoms. The zero-order valence-corrected chi connectivity index (χ0v) is 17.4. The Bertz CT molecular complexity index is 833. The van der Waals surface area contributed by atoms with Crippen LogP contribution in [0.5, 0.6) is 0 Å². The van der Waals surface area contributed by atoms with E-state index in [1.165, 1.54) is 17.0 Å². The topological polar surface area (TPSA) is 68.8 Å². The highest BCUT2D eigenvalue weighted by atomic mass is 32.1. The van der Waals surface area contributed by atoms with Crippen LogP contribution >= 0.6 is 11.3 Å². The van der Waals surface area contributed by atoms with Gasteiger partial charge in [0, 0.05) is 63.3 Å². The number of likely N-dealkylation sites (tertiary alicyclic amines) is 1. The molecule has 2 saturated heterocycles. The van der Waals surface area contributed by atoms with Gasteiger partial charge in [-0.25, -0.2) is 4.98 Å². The van der Waals surface area contributed by atoms with Crippen LogP contribution in [0.3, 0.4) is 0 Å². The van der Waals surface area contributed by atoms with Gasteiger partial charge in [0.2, 0.25) is 5.91 Å². The Hall–Kier alpha value is -2.61. The fourth-order valence-corrected chi connectivity index (χ4v) is 4.67. The standard InChI is InChI=1S/C21H27N5O2S/c27-19-8-4-10-25(19)11-5-9-22-20(28)18-16-29-21(23-18)26-14-12-24(13-15-26)17-6-2-1-3-7-17/h1-3,6-7,16H,4-5,8-15H2,(H,22,28). The fourth-order valence-electron chi connectivity index (χ4n) is 3.81. The third kappa shape index (κ3) is 4.87. The van der Waals surface area contributed by atoms with Crippen molar-refractivity contribution in [3.8, 4) is 0 Å². The number of rotatable bonds is 7. The van der Waals surface area contributed by atoms with E-state index >= 15 is 0 Å². The number of piperazine rings is 1. The van der Waals surface area contributed by atoms with Crippen LogP contribution in [-0.4, -0.2) is 67.5 Å². The third-order valence-corrected chi connectivity index (χ3v) is 6.36. The van der Waals surface area contributed by atoms with Gasteiger partial charge in [0.25, 0.3) is 5.91 Å². The number of para-hydroxylation sites is 1. The van der Waals surface area contributed by atoms with Crippen LogP contribution in [0.2, 0.25) is 0 Å². The maximum atomic E-state index is 12.4. The van der Waals surface area contributed by atoms with Crippen molar-refractivity contribution >= 4 is 34.0 Å². The van der Waals surface area contributed by atoms with Gasteiger partial charge in [0.15, 0.2) is 5.13 Å². The Morgan fingerprint density at radius 2 is 1.83 bits per heavy atom. The second-order valence-electron chi connectivity index (χ2n) is 7.42. The van der Waals surface area contributed by atoms with Crippen LogP contribution in [-0.2, 0) is 4.79 Å². The SMILES string of the molecule is O=C(NCCCN1CCCC1=O)c1csc(N2CCN(c3ccccc3)CC2)n1. The van der Waals surface area contributed by atoms with E-state index in [9.17, 15) is 9.59 Å². The first-order valence-electron chi connectivity index (χ1n) is 10.3. The fraction of sp³-hybridized carbons (Fsp3) is 0.476. The number of thiazole rings is 1. The number of anilines is 2. The number of carbonyl (C=O) groups is 2. The molecular formula is C21H27N5O2S. The van der Waals surface area contributed by atoms with Crippen molar-refractivity contribution in [2.45, 2.75) is 19.3 Å². The van der Waals surface area contributed by atoms with Crippen LogP contribution in [0, 0.1) is 0 Å². The molecule has 4 rings (SSSR count). The van der Waals surface area contributed by atoms with Gasteiger partial charge in [-0.2, -0.15) is 0 Å². The van der Waals surface area contributed by atoms with Crippen molar-refractivity contribution in [1.29, 1.82) is 0 Å². The monoisotopic (exact) mass is 413 g/mol. The van der Waals surface area contributed by atoms with Crippen molar-refractivity contribution < 1.29 is 9.59 Å². The Balaban J connectivity index is 1.22. The van der Waals surface area contributed by atoms with Crippen molar-refractivity contribution in [1.82, 2.24) is 15.2 Å².